The second kappa shape index (κ2) is 3.55. The summed E-state index contributed by atoms with van der Waals surface area (Å²) in [5.41, 5.74) is 10.2. The molecule has 0 bridgehead atoms. The third-order valence-electron chi connectivity index (χ3n) is 3.87. The van der Waals surface area contributed by atoms with Crippen LogP contribution in [0.1, 0.15) is 29.2 Å². The topological polar surface area (TPSA) is 49.5 Å². The van der Waals surface area contributed by atoms with Crippen molar-refractivity contribution in [2.75, 3.05) is 6.54 Å². The van der Waals surface area contributed by atoms with E-state index < -0.39 is 0 Å². The van der Waals surface area contributed by atoms with Gasteiger partial charge in [0.2, 0.25) is 0 Å². The van der Waals surface area contributed by atoms with E-state index in [9.17, 15) is 5.11 Å². The fourth-order valence-corrected chi connectivity index (χ4v) is 3.09. The Hall–Kier alpha value is -0.900. The standard InChI is InChI=1S/C13H18N2O/c1-8-2-3-11-9(4-8)6-15-7-10(16)5-12(15)13(11)14/h2-4,10,12-13,16H,5-7,14H2,1H3. The highest BCUT2D eigenvalue weighted by Crippen LogP contribution is 2.36. The first-order valence-electron chi connectivity index (χ1n) is 5.92. The minimum atomic E-state index is -0.202. The van der Waals surface area contributed by atoms with Gasteiger partial charge in [0.25, 0.3) is 0 Å². The fourth-order valence-electron chi connectivity index (χ4n) is 3.09. The van der Waals surface area contributed by atoms with Crippen LogP contribution in [0.2, 0.25) is 0 Å². The summed E-state index contributed by atoms with van der Waals surface area (Å²) < 4.78 is 0. The molecule has 1 fully saturated rings. The van der Waals surface area contributed by atoms with E-state index in [2.05, 4.69) is 30.0 Å². The molecule has 0 radical (unpaired) electrons. The zero-order valence-electron chi connectivity index (χ0n) is 9.56. The zero-order chi connectivity index (χ0) is 11.3. The molecule has 3 atom stereocenters. The van der Waals surface area contributed by atoms with E-state index in [0.717, 1.165) is 19.5 Å². The lowest BCUT2D eigenvalue weighted by Crippen LogP contribution is -2.42. The van der Waals surface area contributed by atoms with Crippen molar-refractivity contribution >= 4 is 0 Å². The summed E-state index contributed by atoms with van der Waals surface area (Å²) >= 11 is 0. The van der Waals surface area contributed by atoms with Gasteiger partial charge in [0.1, 0.15) is 0 Å². The number of hydrogen-bond acceptors (Lipinski definition) is 3. The number of aliphatic hydroxyl groups excluding tert-OH is 1. The van der Waals surface area contributed by atoms with Crippen LogP contribution in [0.15, 0.2) is 18.2 Å². The van der Waals surface area contributed by atoms with Crippen molar-refractivity contribution in [3.8, 4) is 0 Å². The first kappa shape index (κ1) is 10.3. The molecule has 3 unspecified atom stereocenters. The minimum absolute atomic E-state index is 0.0569. The molecule has 1 aromatic rings. The number of nitrogens with zero attached hydrogens (tertiary/aromatic N) is 1. The lowest BCUT2D eigenvalue weighted by Gasteiger charge is -2.36. The molecule has 2 aliphatic rings. The maximum atomic E-state index is 9.71. The van der Waals surface area contributed by atoms with E-state index in [0.29, 0.717) is 6.04 Å². The average molecular weight is 218 g/mol. The summed E-state index contributed by atoms with van der Waals surface area (Å²) in [7, 11) is 0. The first-order valence-corrected chi connectivity index (χ1v) is 5.92. The van der Waals surface area contributed by atoms with Gasteiger partial charge in [-0.3, -0.25) is 4.90 Å². The quantitative estimate of drug-likeness (QED) is 0.681. The van der Waals surface area contributed by atoms with Crippen molar-refractivity contribution in [3.63, 3.8) is 0 Å². The van der Waals surface area contributed by atoms with Gasteiger partial charge in [-0.1, -0.05) is 23.8 Å². The van der Waals surface area contributed by atoms with Crippen molar-refractivity contribution in [1.29, 1.82) is 0 Å². The highest BCUT2D eigenvalue weighted by molar-refractivity contribution is 5.37. The van der Waals surface area contributed by atoms with Crippen LogP contribution in [0.4, 0.5) is 0 Å². The lowest BCUT2D eigenvalue weighted by atomic mass is 9.89. The SMILES string of the molecule is Cc1ccc2c(c1)CN1CC(O)CC1C2N. The molecule has 2 aliphatic heterocycles. The van der Waals surface area contributed by atoms with Crippen LogP contribution in [0.3, 0.4) is 0 Å². The van der Waals surface area contributed by atoms with E-state index in [1.54, 1.807) is 0 Å². The molecule has 1 aromatic carbocycles. The van der Waals surface area contributed by atoms with Gasteiger partial charge in [0, 0.05) is 25.2 Å². The Balaban J connectivity index is 2.00. The highest BCUT2D eigenvalue weighted by Gasteiger charge is 2.39. The molecule has 3 rings (SSSR count). The summed E-state index contributed by atoms with van der Waals surface area (Å²) in [5.74, 6) is 0. The van der Waals surface area contributed by atoms with E-state index in [1.807, 2.05) is 0 Å². The number of aliphatic hydroxyl groups is 1. The Bertz CT molecular complexity index is 418. The zero-order valence-corrected chi connectivity index (χ0v) is 9.56. The molecule has 1 saturated heterocycles. The molecule has 2 heterocycles. The summed E-state index contributed by atoms with van der Waals surface area (Å²) in [6.45, 7) is 3.81. The molecule has 16 heavy (non-hydrogen) atoms. The molecule has 0 aliphatic carbocycles. The van der Waals surface area contributed by atoms with Crippen molar-refractivity contribution in [1.82, 2.24) is 4.90 Å². The fraction of sp³-hybridized carbons (Fsp3) is 0.538. The number of benzene rings is 1. The third kappa shape index (κ3) is 1.47. The van der Waals surface area contributed by atoms with Gasteiger partial charge in [-0.05, 0) is 24.5 Å². The Morgan fingerprint density at radius 2 is 2.25 bits per heavy atom. The molecule has 3 heteroatoms. The molecular formula is C13H18N2O. The average Bonchev–Trinajstić information content (AvgIpc) is 2.59. The maximum absolute atomic E-state index is 9.71. The minimum Gasteiger partial charge on any atom is -0.392 e. The largest absolute Gasteiger partial charge is 0.392 e. The predicted octanol–water partition coefficient (Wildman–Crippen LogP) is 0.944. The van der Waals surface area contributed by atoms with Gasteiger partial charge in [-0.15, -0.1) is 0 Å². The summed E-state index contributed by atoms with van der Waals surface area (Å²) in [6.07, 6.45) is 0.612. The molecule has 0 saturated carbocycles. The highest BCUT2D eigenvalue weighted by atomic mass is 16.3. The predicted molar refractivity (Wildman–Crippen MR) is 62.9 cm³/mol. The molecule has 86 valence electrons. The van der Waals surface area contributed by atoms with Gasteiger partial charge in [0.15, 0.2) is 0 Å². The van der Waals surface area contributed by atoms with Crippen LogP contribution < -0.4 is 5.73 Å². The molecule has 0 aromatic heterocycles. The second-order valence-corrected chi connectivity index (χ2v) is 5.11. The Morgan fingerprint density at radius 3 is 3.06 bits per heavy atom. The Labute approximate surface area is 95.9 Å². The van der Waals surface area contributed by atoms with Crippen molar-refractivity contribution in [2.45, 2.75) is 38.1 Å². The third-order valence-corrected chi connectivity index (χ3v) is 3.87. The molecular weight excluding hydrogens is 200 g/mol. The smallest absolute Gasteiger partial charge is 0.0683 e. The van der Waals surface area contributed by atoms with Gasteiger partial charge in [-0.25, -0.2) is 0 Å². The number of nitrogens with two attached hydrogens (primary N) is 1. The number of fused-ring (bicyclic) bond motifs is 2. The van der Waals surface area contributed by atoms with Crippen LogP contribution in [0.5, 0.6) is 0 Å². The van der Waals surface area contributed by atoms with Gasteiger partial charge in [-0.2, -0.15) is 0 Å². The van der Waals surface area contributed by atoms with Crippen molar-refractivity contribution in [2.24, 2.45) is 5.73 Å². The molecule has 3 N–H and O–H groups in total. The summed E-state index contributed by atoms with van der Waals surface area (Å²) in [6, 6.07) is 6.87. The lowest BCUT2D eigenvalue weighted by molar-refractivity contribution is 0.166. The second-order valence-electron chi connectivity index (χ2n) is 5.11. The van der Waals surface area contributed by atoms with Crippen LogP contribution >= 0.6 is 0 Å². The maximum Gasteiger partial charge on any atom is 0.0683 e. The number of aryl methyl sites for hydroxylation is 1. The van der Waals surface area contributed by atoms with Gasteiger partial charge < -0.3 is 10.8 Å². The van der Waals surface area contributed by atoms with E-state index in [1.165, 1.54) is 16.7 Å². The van der Waals surface area contributed by atoms with Crippen molar-refractivity contribution in [3.05, 3.63) is 34.9 Å². The van der Waals surface area contributed by atoms with E-state index >= 15 is 0 Å². The Kier molecular flexibility index (Phi) is 2.28. The monoisotopic (exact) mass is 218 g/mol. The van der Waals surface area contributed by atoms with Gasteiger partial charge in [0.05, 0.1) is 6.10 Å². The Morgan fingerprint density at radius 1 is 1.44 bits per heavy atom. The summed E-state index contributed by atoms with van der Waals surface area (Å²) in [4.78, 5) is 2.32. The first-order chi connectivity index (χ1) is 7.65. The molecule has 3 nitrogen and oxygen atoms in total. The van der Waals surface area contributed by atoms with Crippen LogP contribution in [-0.2, 0) is 6.54 Å². The van der Waals surface area contributed by atoms with Crippen molar-refractivity contribution < 1.29 is 5.11 Å². The molecule has 0 spiro atoms. The van der Waals surface area contributed by atoms with Gasteiger partial charge >= 0.3 is 0 Å². The normalized spacial score (nSPS) is 33.6. The number of rotatable bonds is 0. The molecule has 0 amide bonds. The van der Waals surface area contributed by atoms with Crippen LogP contribution in [-0.4, -0.2) is 28.7 Å². The number of hydrogen-bond donors (Lipinski definition) is 2. The van der Waals surface area contributed by atoms with Crippen LogP contribution in [0.25, 0.3) is 0 Å². The van der Waals surface area contributed by atoms with E-state index in [-0.39, 0.29) is 12.1 Å². The summed E-state index contributed by atoms with van der Waals surface area (Å²) in [5, 5.41) is 9.71. The van der Waals surface area contributed by atoms with Crippen LogP contribution in [0, 0.1) is 6.92 Å². The van der Waals surface area contributed by atoms with E-state index in [4.69, 9.17) is 5.73 Å².